The Bertz CT molecular complexity index is 716. The standard InChI is InChI=1S/C17H28N8.HI/c1-4-18-17(19-11-14-13-23(2)9-10-24(14)3)20-12-16-22-21-15-7-5-6-8-25(15)16;/h5-8,14H,4,9-13H2,1-3H3,(H2,18,19,20);1H. The van der Waals surface area contributed by atoms with Gasteiger partial charge in [0.25, 0.3) is 0 Å². The highest BCUT2D eigenvalue weighted by molar-refractivity contribution is 14.0. The number of nitrogens with zero attached hydrogens (tertiary/aromatic N) is 6. The van der Waals surface area contributed by atoms with Gasteiger partial charge in [0.2, 0.25) is 0 Å². The summed E-state index contributed by atoms with van der Waals surface area (Å²) < 4.78 is 1.97. The van der Waals surface area contributed by atoms with Gasteiger partial charge in [-0.3, -0.25) is 9.30 Å². The number of fused-ring (bicyclic) bond motifs is 1. The van der Waals surface area contributed by atoms with Gasteiger partial charge in [0.1, 0.15) is 6.54 Å². The summed E-state index contributed by atoms with van der Waals surface area (Å²) in [4.78, 5) is 9.45. The van der Waals surface area contributed by atoms with Crippen LogP contribution < -0.4 is 10.6 Å². The maximum absolute atomic E-state index is 4.67. The molecule has 0 radical (unpaired) electrons. The van der Waals surface area contributed by atoms with E-state index < -0.39 is 0 Å². The molecule has 1 unspecified atom stereocenters. The number of guanidine groups is 1. The van der Waals surface area contributed by atoms with Crippen molar-refractivity contribution in [2.75, 3.05) is 46.8 Å². The van der Waals surface area contributed by atoms with E-state index in [-0.39, 0.29) is 24.0 Å². The summed E-state index contributed by atoms with van der Waals surface area (Å²) in [6.45, 7) is 7.55. The van der Waals surface area contributed by atoms with E-state index in [2.05, 4.69) is 56.6 Å². The molecule has 1 aliphatic rings. The van der Waals surface area contributed by atoms with Crippen LogP contribution in [0.2, 0.25) is 0 Å². The Balaban J connectivity index is 0.00000243. The van der Waals surface area contributed by atoms with Crippen LogP contribution in [0.4, 0.5) is 0 Å². The fourth-order valence-corrected chi connectivity index (χ4v) is 3.03. The highest BCUT2D eigenvalue weighted by atomic mass is 127. The van der Waals surface area contributed by atoms with Gasteiger partial charge >= 0.3 is 0 Å². The lowest BCUT2D eigenvalue weighted by Crippen LogP contribution is -2.55. The molecule has 0 saturated carbocycles. The predicted molar refractivity (Wildman–Crippen MR) is 115 cm³/mol. The van der Waals surface area contributed by atoms with Gasteiger partial charge in [-0.1, -0.05) is 6.07 Å². The molecule has 2 N–H and O–H groups in total. The Kier molecular flexibility index (Phi) is 8.04. The number of piperazine rings is 1. The number of pyridine rings is 1. The van der Waals surface area contributed by atoms with E-state index in [0.717, 1.165) is 50.2 Å². The quantitative estimate of drug-likeness (QED) is 0.379. The van der Waals surface area contributed by atoms with Crippen LogP contribution in [-0.2, 0) is 6.54 Å². The normalized spacial score (nSPS) is 19.3. The second-order valence-corrected chi connectivity index (χ2v) is 6.52. The SMILES string of the molecule is CCNC(=NCc1nnc2ccccn12)NCC1CN(C)CCN1C.I. The average Bonchev–Trinajstić information content (AvgIpc) is 3.03. The second-order valence-electron chi connectivity index (χ2n) is 6.52. The Morgan fingerprint density at radius 2 is 2.08 bits per heavy atom. The zero-order valence-electron chi connectivity index (χ0n) is 15.7. The molecule has 0 aliphatic carbocycles. The van der Waals surface area contributed by atoms with Gasteiger partial charge < -0.3 is 15.5 Å². The molecule has 0 bridgehead atoms. The summed E-state index contributed by atoms with van der Waals surface area (Å²) in [5.74, 6) is 1.65. The topological polar surface area (TPSA) is 73.1 Å². The number of nitrogens with one attached hydrogen (secondary N) is 2. The van der Waals surface area contributed by atoms with Gasteiger partial charge in [0.15, 0.2) is 17.4 Å². The van der Waals surface area contributed by atoms with Crippen LogP contribution >= 0.6 is 24.0 Å². The van der Waals surface area contributed by atoms with Gasteiger partial charge in [-0.15, -0.1) is 34.2 Å². The van der Waals surface area contributed by atoms with Gasteiger partial charge in [-0.2, -0.15) is 0 Å². The number of hydrogen-bond acceptors (Lipinski definition) is 5. The molecule has 1 atom stereocenters. The first-order chi connectivity index (χ1) is 12.2. The van der Waals surface area contributed by atoms with Crippen LogP contribution in [0.15, 0.2) is 29.4 Å². The van der Waals surface area contributed by atoms with E-state index in [0.29, 0.717) is 12.6 Å². The number of likely N-dealkylation sites (N-methyl/N-ethyl adjacent to an activating group) is 2. The molecule has 144 valence electrons. The zero-order valence-corrected chi connectivity index (χ0v) is 18.1. The molecule has 9 heteroatoms. The van der Waals surface area contributed by atoms with Crippen molar-refractivity contribution in [3.05, 3.63) is 30.2 Å². The van der Waals surface area contributed by atoms with Crippen LogP contribution in [0.3, 0.4) is 0 Å². The monoisotopic (exact) mass is 472 g/mol. The number of aromatic nitrogens is 3. The van der Waals surface area contributed by atoms with Crippen molar-refractivity contribution in [3.8, 4) is 0 Å². The zero-order chi connectivity index (χ0) is 17.6. The predicted octanol–water partition coefficient (Wildman–Crippen LogP) is 0.648. The minimum Gasteiger partial charge on any atom is -0.357 e. The number of aliphatic imine (C=N–C) groups is 1. The van der Waals surface area contributed by atoms with Crippen molar-refractivity contribution in [3.63, 3.8) is 0 Å². The van der Waals surface area contributed by atoms with Gasteiger partial charge in [0.05, 0.1) is 0 Å². The van der Waals surface area contributed by atoms with Crippen LogP contribution in [0, 0.1) is 0 Å². The lowest BCUT2D eigenvalue weighted by molar-refractivity contribution is 0.116. The van der Waals surface area contributed by atoms with E-state index in [1.54, 1.807) is 0 Å². The highest BCUT2D eigenvalue weighted by Gasteiger charge is 2.22. The first kappa shape index (κ1) is 20.8. The molecule has 1 saturated heterocycles. The first-order valence-electron chi connectivity index (χ1n) is 8.87. The van der Waals surface area contributed by atoms with Gasteiger partial charge in [0, 0.05) is 45.0 Å². The molecule has 26 heavy (non-hydrogen) atoms. The van der Waals surface area contributed by atoms with Crippen LogP contribution in [0.5, 0.6) is 0 Å². The van der Waals surface area contributed by atoms with E-state index in [4.69, 9.17) is 0 Å². The fourth-order valence-electron chi connectivity index (χ4n) is 3.03. The maximum atomic E-state index is 4.67. The summed E-state index contributed by atoms with van der Waals surface area (Å²) in [7, 11) is 4.36. The third-order valence-electron chi connectivity index (χ3n) is 4.59. The molecule has 0 amide bonds. The molecule has 8 nitrogen and oxygen atoms in total. The third-order valence-corrected chi connectivity index (χ3v) is 4.59. The third kappa shape index (κ3) is 5.27. The maximum Gasteiger partial charge on any atom is 0.191 e. The average molecular weight is 472 g/mol. The van der Waals surface area contributed by atoms with E-state index >= 15 is 0 Å². The van der Waals surface area contributed by atoms with E-state index in [1.807, 2.05) is 28.8 Å². The molecule has 0 spiro atoms. The molecule has 3 rings (SSSR count). The molecular weight excluding hydrogens is 443 g/mol. The summed E-state index contributed by atoms with van der Waals surface area (Å²) in [5, 5.41) is 15.2. The van der Waals surface area contributed by atoms with E-state index in [1.165, 1.54) is 0 Å². The molecule has 2 aromatic rings. The first-order valence-corrected chi connectivity index (χ1v) is 8.87. The van der Waals surface area contributed by atoms with Gasteiger partial charge in [-0.25, -0.2) is 4.99 Å². The van der Waals surface area contributed by atoms with Crippen LogP contribution in [-0.4, -0.2) is 83.2 Å². The second kappa shape index (κ2) is 10.0. The summed E-state index contributed by atoms with van der Waals surface area (Å²) in [6, 6.07) is 6.36. The van der Waals surface area contributed by atoms with Crippen molar-refractivity contribution in [1.82, 2.24) is 35.0 Å². The van der Waals surface area contributed by atoms with Crippen molar-refractivity contribution in [2.45, 2.75) is 19.5 Å². The Morgan fingerprint density at radius 1 is 1.23 bits per heavy atom. The number of hydrogen-bond donors (Lipinski definition) is 2. The Morgan fingerprint density at radius 3 is 2.88 bits per heavy atom. The molecule has 0 aromatic carbocycles. The molecule has 1 fully saturated rings. The minimum atomic E-state index is 0. The van der Waals surface area contributed by atoms with Crippen molar-refractivity contribution in [2.24, 2.45) is 4.99 Å². The molecule has 2 aromatic heterocycles. The molecule has 1 aliphatic heterocycles. The Labute approximate surface area is 172 Å². The summed E-state index contributed by atoms with van der Waals surface area (Å²) >= 11 is 0. The van der Waals surface area contributed by atoms with Crippen molar-refractivity contribution < 1.29 is 0 Å². The van der Waals surface area contributed by atoms with Crippen molar-refractivity contribution >= 4 is 35.6 Å². The largest absolute Gasteiger partial charge is 0.357 e. The molecule has 3 heterocycles. The number of rotatable bonds is 5. The highest BCUT2D eigenvalue weighted by Crippen LogP contribution is 2.05. The summed E-state index contributed by atoms with van der Waals surface area (Å²) in [5.41, 5.74) is 0.845. The Hall–Kier alpha value is -1.46. The van der Waals surface area contributed by atoms with Gasteiger partial charge in [-0.05, 0) is 33.2 Å². The van der Waals surface area contributed by atoms with Crippen molar-refractivity contribution in [1.29, 1.82) is 0 Å². The van der Waals surface area contributed by atoms with Crippen LogP contribution in [0.25, 0.3) is 5.65 Å². The molecular formula is C17H29IN8. The lowest BCUT2D eigenvalue weighted by Gasteiger charge is -2.37. The van der Waals surface area contributed by atoms with E-state index in [9.17, 15) is 0 Å². The lowest BCUT2D eigenvalue weighted by atomic mass is 10.2. The fraction of sp³-hybridized carbons (Fsp3) is 0.588. The minimum absolute atomic E-state index is 0. The van der Waals surface area contributed by atoms with Crippen LogP contribution in [0.1, 0.15) is 12.7 Å². The number of halogens is 1. The summed E-state index contributed by atoms with van der Waals surface area (Å²) in [6.07, 6.45) is 1.97. The smallest absolute Gasteiger partial charge is 0.191 e.